The third kappa shape index (κ3) is 3.75. The van der Waals surface area contributed by atoms with E-state index in [1.165, 1.54) is 19.2 Å². The summed E-state index contributed by atoms with van der Waals surface area (Å²) in [6.07, 6.45) is -0.884. The molecule has 18 heavy (non-hydrogen) atoms. The summed E-state index contributed by atoms with van der Waals surface area (Å²) in [5.41, 5.74) is 1.05. The lowest BCUT2D eigenvalue weighted by Gasteiger charge is -2.09. The molecule has 1 aromatic rings. The Morgan fingerprint density at radius 3 is 2.61 bits per heavy atom. The Labute approximate surface area is 110 Å². The molecule has 1 atom stereocenters. The van der Waals surface area contributed by atoms with Gasteiger partial charge in [0, 0.05) is 11.3 Å². The Kier molecular flexibility index (Phi) is 5.18. The van der Waals surface area contributed by atoms with E-state index < -0.39 is 12.1 Å². The maximum absolute atomic E-state index is 11.0. The van der Waals surface area contributed by atoms with Crippen LogP contribution in [0.25, 0.3) is 0 Å². The van der Waals surface area contributed by atoms with Gasteiger partial charge < -0.3 is 14.9 Å². The number of carboxylic acid groups (broad SMARTS) is 1. The molecule has 0 aromatic heterocycles. The molecule has 6 heteroatoms. The van der Waals surface area contributed by atoms with Crippen molar-refractivity contribution >= 4 is 24.6 Å². The van der Waals surface area contributed by atoms with E-state index in [-0.39, 0.29) is 18.0 Å². The number of carbonyl (C=O) groups is 2. The Bertz CT molecular complexity index is 458. The molecule has 0 aliphatic carbocycles. The SMILES string of the molecule is COC(=O)CCc1ccc(C(O)C(=O)O)cc1S. The minimum Gasteiger partial charge on any atom is -0.479 e. The Balaban J connectivity index is 2.80. The molecule has 0 heterocycles. The van der Waals surface area contributed by atoms with E-state index in [2.05, 4.69) is 17.4 Å². The lowest BCUT2D eigenvalue weighted by atomic mass is 10.0. The fraction of sp³-hybridized carbons (Fsp3) is 0.333. The van der Waals surface area contributed by atoms with E-state index >= 15 is 0 Å². The summed E-state index contributed by atoms with van der Waals surface area (Å²) < 4.78 is 4.52. The zero-order valence-corrected chi connectivity index (χ0v) is 10.7. The number of methoxy groups -OCH3 is 1. The second-order valence-corrected chi connectivity index (χ2v) is 4.19. The number of carbonyl (C=O) groups excluding carboxylic acids is 1. The monoisotopic (exact) mass is 270 g/mol. The first kappa shape index (κ1) is 14.5. The van der Waals surface area contributed by atoms with E-state index in [9.17, 15) is 14.7 Å². The summed E-state index contributed by atoms with van der Waals surface area (Å²) in [5.74, 6) is -1.64. The third-order valence-electron chi connectivity index (χ3n) is 2.49. The fourth-order valence-electron chi connectivity index (χ4n) is 1.44. The van der Waals surface area contributed by atoms with Crippen LogP contribution in [0.3, 0.4) is 0 Å². The van der Waals surface area contributed by atoms with E-state index in [0.717, 1.165) is 5.56 Å². The van der Waals surface area contributed by atoms with E-state index in [4.69, 9.17) is 5.11 Å². The Hall–Kier alpha value is -1.53. The van der Waals surface area contributed by atoms with Crippen LogP contribution in [0.2, 0.25) is 0 Å². The molecule has 0 radical (unpaired) electrons. The number of esters is 1. The number of aryl methyl sites for hydroxylation is 1. The van der Waals surface area contributed by atoms with Crippen molar-refractivity contribution in [3.8, 4) is 0 Å². The quantitative estimate of drug-likeness (QED) is 0.553. The van der Waals surface area contributed by atoms with Crippen LogP contribution in [-0.2, 0) is 20.7 Å². The number of hydrogen-bond donors (Lipinski definition) is 3. The molecule has 0 saturated heterocycles. The number of hydrogen-bond acceptors (Lipinski definition) is 5. The van der Waals surface area contributed by atoms with Gasteiger partial charge in [-0.3, -0.25) is 4.79 Å². The average Bonchev–Trinajstić information content (AvgIpc) is 2.35. The van der Waals surface area contributed by atoms with Gasteiger partial charge >= 0.3 is 11.9 Å². The van der Waals surface area contributed by atoms with E-state index in [1.807, 2.05) is 0 Å². The topological polar surface area (TPSA) is 83.8 Å². The second kappa shape index (κ2) is 6.42. The molecule has 0 saturated carbocycles. The lowest BCUT2D eigenvalue weighted by molar-refractivity contribution is -0.147. The van der Waals surface area contributed by atoms with Gasteiger partial charge in [-0.05, 0) is 23.6 Å². The van der Waals surface area contributed by atoms with Gasteiger partial charge in [0.15, 0.2) is 6.10 Å². The standard InChI is InChI=1S/C12H14O5S/c1-17-10(13)5-4-7-2-3-8(6-9(7)18)11(14)12(15)16/h2-3,6,11,14,18H,4-5H2,1H3,(H,15,16). The molecular weight excluding hydrogens is 256 g/mol. The molecule has 1 rings (SSSR count). The first-order chi connectivity index (χ1) is 8.45. The van der Waals surface area contributed by atoms with Gasteiger partial charge in [0.2, 0.25) is 0 Å². The van der Waals surface area contributed by atoms with Crippen molar-refractivity contribution in [3.05, 3.63) is 29.3 Å². The molecule has 1 aromatic carbocycles. The van der Waals surface area contributed by atoms with E-state index in [0.29, 0.717) is 11.3 Å². The number of rotatable bonds is 5. The van der Waals surface area contributed by atoms with E-state index in [1.54, 1.807) is 6.07 Å². The number of aliphatic hydroxyl groups is 1. The van der Waals surface area contributed by atoms with Crippen LogP contribution < -0.4 is 0 Å². The summed E-state index contributed by atoms with van der Waals surface area (Å²) in [4.78, 5) is 22.1. The highest BCUT2D eigenvalue weighted by atomic mass is 32.1. The van der Waals surface area contributed by atoms with Gasteiger partial charge in [0.1, 0.15) is 0 Å². The van der Waals surface area contributed by atoms with Crippen molar-refractivity contribution in [1.29, 1.82) is 0 Å². The highest BCUT2D eigenvalue weighted by Crippen LogP contribution is 2.22. The van der Waals surface area contributed by atoms with Gasteiger partial charge in [-0.15, -0.1) is 12.6 Å². The Morgan fingerprint density at radius 2 is 2.11 bits per heavy atom. The maximum Gasteiger partial charge on any atom is 0.337 e. The molecule has 0 bridgehead atoms. The third-order valence-corrected chi connectivity index (χ3v) is 2.90. The maximum atomic E-state index is 11.0. The van der Waals surface area contributed by atoms with Gasteiger partial charge in [-0.2, -0.15) is 0 Å². The number of benzene rings is 1. The smallest absolute Gasteiger partial charge is 0.337 e. The molecule has 2 N–H and O–H groups in total. The normalized spacial score (nSPS) is 11.9. The molecule has 98 valence electrons. The predicted molar refractivity (Wildman–Crippen MR) is 66.6 cm³/mol. The molecule has 0 fully saturated rings. The second-order valence-electron chi connectivity index (χ2n) is 3.71. The fourth-order valence-corrected chi connectivity index (χ4v) is 1.78. The molecule has 5 nitrogen and oxygen atoms in total. The zero-order valence-electron chi connectivity index (χ0n) is 9.79. The minimum atomic E-state index is -1.56. The molecule has 0 amide bonds. The highest BCUT2D eigenvalue weighted by Gasteiger charge is 2.16. The zero-order chi connectivity index (χ0) is 13.7. The molecule has 0 aliphatic rings. The van der Waals surface area contributed by atoms with Gasteiger partial charge in [-0.1, -0.05) is 12.1 Å². The summed E-state index contributed by atoms with van der Waals surface area (Å²) in [7, 11) is 1.32. The number of carboxylic acids is 1. The number of aliphatic carboxylic acids is 1. The van der Waals surface area contributed by atoms with Crippen LogP contribution in [0.15, 0.2) is 23.1 Å². The highest BCUT2D eigenvalue weighted by molar-refractivity contribution is 7.80. The van der Waals surface area contributed by atoms with Crippen molar-refractivity contribution in [1.82, 2.24) is 0 Å². The van der Waals surface area contributed by atoms with Gasteiger partial charge in [0.25, 0.3) is 0 Å². The predicted octanol–water partition coefficient (Wildman–Crippen LogP) is 1.20. The van der Waals surface area contributed by atoms with Gasteiger partial charge in [-0.25, -0.2) is 4.79 Å². The molecular formula is C12H14O5S. The number of ether oxygens (including phenoxy) is 1. The minimum absolute atomic E-state index is 0.227. The summed E-state index contributed by atoms with van der Waals surface area (Å²) in [5, 5.41) is 18.0. The summed E-state index contributed by atoms with van der Waals surface area (Å²) >= 11 is 4.21. The van der Waals surface area contributed by atoms with Crippen molar-refractivity contribution in [2.75, 3.05) is 7.11 Å². The summed E-state index contributed by atoms with van der Waals surface area (Å²) in [6.45, 7) is 0. The van der Waals surface area contributed by atoms with Crippen LogP contribution >= 0.6 is 12.6 Å². The largest absolute Gasteiger partial charge is 0.479 e. The van der Waals surface area contributed by atoms with Crippen LogP contribution in [0.1, 0.15) is 23.7 Å². The van der Waals surface area contributed by atoms with Crippen molar-refractivity contribution in [3.63, 3.8) is 0 Å². The van der Waals surface area contributed by atoms with Gasteiger partial charge in [0.05, 0.1) is 7.11 Å². The van der Waals surface area contributed by atoms with Crippen LogP contribution in [-0.4, -0.2) is 29.3 Å². The summed E-state index contributed by atoms with van der Waals surface area (Å²) in [6, 6.07) is 4.63. The average molecular weight is 270 g/mol. The number of thiol groups is 1. The van der Waals surface area contributed by atoms with Crippen LogP contribution in [0, 0.1) is 0 Å². The van der Waals surface area contributed by atoms with Crippen LogP contribution in [0.4, 0.5) is 0 Å². The number of aliphatic hydroxyl groups excluding tert-OH is 1. The first-order valence-electron chi connectivity index (χ1n) is 5.25. The Morgan fingerprint density at radius 1 is 1.44 bits per heavy atom. The molecule has 0 aliphatic heterocycles. The van der Waals surface area contributed by atoms with Crippen LogP contribution in [0.5, 0.6) is 0 Å². The lowest BCUT2D eigenvalue weighted by Crippen LogP contribution is -2.10. The molecule has 1 unspecified atom stereocenters. The van der Waals surface area contributed by atoms with Crippen molar-refractivity contribution in [2.24, 2.45) is 0 Å². The van der Waals surface area contributed by atoms with Crippen molar-refractivity contribution in [2.45, 2.75) is 23.8 Å². The van der Waals surface area contributed by atoms with Crippen molar-refractivity contribution < 1.29 is 24.5 Å². The molecule has 0 spiro atoms. The first-order valence-corrected chi connectivity index (χ1v) is 5.70.